The first-order valence-electron chi connectivity index (χ1n) is 8.22. The largest absolute Gasteiger partial charge is 0.426 e. The molecule has 2 aromatic rings. The SMILES string of the molecule is C#Cc1c(F)ccc2cc(OC(=O)C(C)(C)C)cc(CC)c12.CC. The number of fused-ring (bicyclic) bond motifs is 1. The summed E-state index contributed by atoms with van der Waals surface area (Å²) in [5.41, 5.74) is 0.526. The molecule has 0 saturated heterocycles. The third-order valence-electron chi connectivity index (χ3n) is 3.47. The van der Waals surface area contributed by atoms with E-state index in [1.54, 1.807) is 39.0 Å². The van der Waals surface area contributed by atoms with Crippen LogP contribution in [0, 0.1) is 23.6 Å². The van der Waals surface area contributed by atoms with E-state index in [4.69, 9.17) is 11.2 Å². The summed E-state index contributed by atoms with van der Waals surface area (Å²) in [5, 5.41) is 1.48. The number of carbonyl (C=O) groups excluding carboxylic acids is 1. The average Bonchev–Trinajstić information content (AvgIpc) is 2.55. The van der Waals surface area contributed by atoms with Gasteiger partial charge in [-0.25, -0.2) is 4.39 Å². The third kappa shape index (κ3) is 4.14. The van der Waals surface area contributed by atoms with Gasteiger partial charge >= 0.3 is 5.97 Å². The van der Waals surface area contributed by atoms with Crippen molar-refractivity contribution >= 4 is 16.7 Å². The molecule has 0 aromatic heterocycles. The standard InChI is InChI=1S/C19H19FO2.C2H6/c1-6-12-10-14(22-18(21)19(3,4)5)11-13-8-9-16(20)15(7-2)17(12)13;1-2/h2,8-11H,6H2,1,3-5H3;1-2H3. The number of rotatable bonds is 2. The highest BCUT2D eigenvalue weighted by atomic mass is 19.1. The topological polar surface area (TPSA) is 26.3 Å². The maximum Gasteiger partial charge on any atom is 0.316 e. The number of esters is 1. The smallest absolute Gasteiger partial charge is 0.316 e. The fourth-order valence-electron chi connectivity index (χ4n) is 2.24. The van der Waals surface area contributed by atoms with Crippen LogP contribution in [-0.2, 0) is 11.2 Å². The predicted molar refractivity (Wildman–Crippen MR) is 97.7 cm³/mol. The number of benzene rings is 2. The summed E-state index contributed by atoms with van der Waals surface area (Å²) in [7, 11) is 0. The molecule has 0 atom stereocenters. The van der Waals surface area contributed by atoms with Crippen molar-refractivity contribution in [2.75, 3.05) is 0 Å². The normalized spacial score (nSPS) is 10.6. The Morgan fingerprint density at radius 2 is 1.88 bits per heavy atom. The van der Waals surface area contributed by atoms with E-state index < -0.39 is 11.2 Å². The van der Waals surface area contributed by atoms with Gasteiger partial charge in [0.15, 0.2) is 0 Å². The zero-order valence-electron chi connectivity index (χ0n) is 15.3. The molecule has 0 spiro atoms. The van der Waals surface area contributed by atoms with Crippen molar-refractivity contribution in [3.8, 4) is 18.1 Å². The lowest BCUT2D eigenvalue weighted by atomic mass is 9.96. The number of terminal acetylenes is 1. The van der Waals surface area contributed by atoms with Crippen LogP contribution >= 0.6 is 0 Å². The minimum atomic E-state index is -0.589. The Hall–Kier alpha value is -2.34. The first-order chi connectivity index (χ1) is 11.3. The number of hydrogen-bond donors (Lipinski definition) is 0. The van der Waals surface area contributed by atoms with Gasteiger partial charge in [-0.2, -0.15) is 0 Å². The van der Waals surface area contributed by atoms with Gasteiger partial charge in [-0.3, -0.25) is 4.79 Å². The zero-order valence-corrected chi connectivity index (χ0v) is 15.3. The second kappa shape index (κ2) is 7.97. The van der Waals surface area contributed by atoms with Crippen LogP contribution in [-0.4, -0.2) is 5.97 Å². The van der Waals surface area contributed by atoms with Crippen LogP contribution in [0.2, 0.25) is 0 Å². The van der Waals surface area contributed by atoms with Crippen LogP contribution in [0.4, 0.5) is 4.39 Å². The number of halogens is 1. The fourth-order valence-corrected chi connectivity index (χ4v) is 2.24. The molecule has 0 unspecified atom stereocenters. The molecule has 0 aliphatic heterocycles. The van der Waals surface area contributed by atoms with Crippen LogP contribution in [0.3, 0.4) is 0 Å². The van der Waals surface area contributed by atoms with E-state index in [0.717, 1.165) is 10.9 Å². The molecule has 0 saturated carbocycles. The van der Waals surface area contributed by atoms with Gasteiger partial charge in [-0.15, -0.1) is 6.42 Å². The number of aryl methyl sites for hydroxylation is 1. The van der Waals surface area contributed by atoms with Gasteiger partial charge < -0.3 is 4.74 Å². The molecule has 0 N–H and O–H groups in total. The van der Waals surface area contributed by atoms with Crippen molar-refractivity contribution in [2.24, 2.45) is 5.41 Å². The van der Waals surface area contributed by atoms with E-state index in [0.29, 0.717) is 17.6 Å². The number of hydrogen-bond acceptors (Lipinski definition) is 2. The summed E-state index contributed by atoms with van der Waals surface area (Å²) in [6.07, 6.45) is 6.10. The Labute approximate surface area is 144 Å². The molecule has 3 heteroatoms. The highest BCUT2D eigenvalue weighted by Gasteiger charge is 2.24. The van der Waals surface area contributed by atoms with Crippen molar-refractivity contribution in [3.63, 3.8) is 0 Å². The van der Waals surface area contributed by atoms with Crippen molar-refractivity contribution < 1.29 is 13.9 Å². The Morgan fingerprint density at radius 1 is 1.25 bits per heavy atom. The molecular formula is C21H25FO2. The van der Waals surface area contributed by atoms with Crippen LogP contribution < -0.4 is 4.74 Å². The van der Waals surface area contributed by atoms with Crippen LogP contribution in [0.1, 0.15) is 52.7 Å². The quantitative estimate of drug-likeness (QED) is 0.413. The van der Waals surface area contributed by atoms with Gasteiger partial charge in [0.1, 0.15) is 11.6 Å². The highest BCUT2D eigenvalue weighted by molar-refractivity contribution is 5.93. The van der Waals surface area contributed by atoms with E-state index in [1.165, 1.54) is 6.07 Å². The van der Waals surface area contributed by atoms with E-state index in [2.05, 4.69) is 5.92 Å². The summed E-state index contributed by atoms with van der Waals surface area (Å²) in [4.78, 5) is 12.0. The second-order valence-electron chi connectivity index (χ2n) is 6.24. The molecule has 2 rings (SSSR count). The number of ether oxygens (including phenoxy) is 1. The maximum absolute atomic E-state index is 13.9. The summed E-state index contributed by atoms with van der Waals surface area (Å²) >= 11 is 0. The Balaban J connectivity index is 0.00000139. The molecule has 0 radical (unpaired) electrons. The summed E-state index contributed by atoms with van der Waals surface area (Å²) in [6.45, 7) is 11.3. The van der Waals surface area contributed by atoms with Gasteiger partial charge in [0.25, 0.3) is 0 Å². The van der Waals surface area contributed by atoms with Gasteiger partial charge in [0.2, 0.25) is 0 Å². The predicted octanol–water partition coefficient (Wildman–Crippen LogP) is 5.50. The zero-order chi connectivity index (χ0) is 18.5. The lowest BCUT2D eigenvalue weighted by Crippen LogP contribution is -2.25. The lowest BCUT2D eigenvalue weighted by Gasteiger charge is -2.17. The monoisotopic (exact) mass is 328 g/mol. The molecule has 0 aliphatic rings. The van der Waals surface area contributed by atoms with Crippen molar-refractivity contribution in [2.45, 2.75) is 48.0 Å². The number of carbonyl (C=O) groups is 1. The molecule has 2 nitrogen and oxygen atoms in total. The van der Waals surface area contributed by atoms with Gasteiger partial charge in [0, 0.05) is 5.39 Å². The maximum atomic E-state index is 13.9. The molecule has 0 heterocycles. The first kappa shape index (κ1) is 19.7. The highest BCUT2D eigenvalue weighted by Crippen LogP contribution is 2.31. The van der Waals surface area contributed by atoms with E-state index >= 15 is 0 Å². The molecule has 0 aliphatic carbocycles. The van der Waals surface area contributed by atoms with Crippen molar-refractivity contribution in [1.29, 1.82) is 0 Å². The summed E-state index contributed by atoms with van der Waals surface area (Å²) in [6, 6.07) is 6.47. The minimum absolute atomic E-state index is 0.253. The molecule has 0 fully saturated rings. The Kier molecular flexibility index (Phi) is 6.54. The van der Waals surface area contributed by atoms with Gasteiger partial charge in [-0.05, 0) is 56.3 Å². The summed E-state index contributed by atoms with van der Waals surface area (Å²) in [5.74, 6) is 2.15. The molecule has 128 valence electrons. The average molecular weight is 328 g/mol. The first-order valence-corrected chi connectivity index (χ1v) is 8.22. The van der Waals surface area contributed by atoms with E-state index in [1.807, 2.05) is 20.8 Å². The second-order valence-corrected chi connectivity index (χ2v) is 6.24. The van der Waals surface area contributed by atoms with Crippen molar-refractivity contribution in [1.82, 2.24) is 0 Å². The minimum Gasteiger partial charge on any atom is -0.426 e. The summed E-state index contributed by atoms with van der Waals surface area (Å²) < 4.78 is 19.3. The van der Waals surface area contributed by atoms with E-state index in [-0.39, 0.29) is 11.5 Å². The Bertz CT molecular complexity index is 777. The Morgan fingerprint density at radius 3 is 2.38 bits per heavy atom. The molecular weight excluding hydrogens is 303 g/mol. The van der Waals surface area contributed by atoms with Crippen LogP contribution in [0.15, 0.2) is 24.3 Å². The third-order valence-corrected chi connectivity index (χ3v) is 3.47. The lowest BCUT2D eigenvalue weighted by molar-refractivity contribution is -0.142. The molecule has 24 heavy (non-hydrogen) atoms. The molecule has 0 amide bonds. The van der Waals surface area contributed by atoms with E-state index in [9.17, 15) is 9.18 Å². The fraction of sp³-hybridized carbons (Fsp3) is 0.381. The van der Waals surface area contributed by atoms with Crippen LogP contribution in [0.5, 0.6) is 5.75 Å². The van der Waals surface area contributed by atoms with Gasteiger partial charge in [-0.1, -0.05) is 32.8 Å². The van der Waals surface area contributed by atoms with Crippen LogP contribution in [0.25, 0.3) is 10.8 Å². The molecule has 0 bridgehead atoms. The van der Waals surface area contributed by atoms with Gasteiger partial charge in [0.05, 0.1) is 11.0 Å². The van der Waals surface area contributed by atoms with Crippen molar-refractivity contribution in [3.05, 3.63) is 41.2 Å². The molecule has 2 aromatic carbocycles.